The van der Waals surface area contributed by atoms with E-state index in [2.05, 4.69) is 11.9 Å². The molecule has 0 fully saturated rings. The predicted octanol–water partition coefficient (Wildman–Crippen LogP) is 2.85. The molecule has 0 aliphatic carbocycles. The smallest absolute Gasteiger partial charge is 0.171 e. The maximum atomic E-state index is 11.3. The van der Waals surface area contributed by atoms with Crippen molar-refractivity contribution in [1.82, 2.24) is 0 Å². The van der Waals surface area contributed by atoms with Crippen LogP contribution in [0.25, 0.3) is 0 Å². The molecule has 15 heavy (non-hydrogen) atoms. The normalized spacial score (nSPS) is 10.0. The number of nitrogens with two attached hydrogens (primary N) is 1. The van der Waals surface area contributed by atoms with E-state index in [0.29, 0.717) is 17.1 Å². The van der Waals surface area contributed by atoms with Gasteiger partial charge in [0.15, 0.2) is 5.78 Å². The number of ketones is 1. The summed E-state index contributed by atoms with van der Waals surface area (Å²) in [6.45, 7) is 5.84. The molecule has 0 aliphatic heterocycles. The molecule has 1 aromatic heterocycles. The number of rotatable bonds is 5. The van der Waals surface area contributed by atoms with E-state index in [1.54, 1.807) is 17.8 Å². The molecule has 1 heterocycles. The van der Waals surface area contributed by atoms with Crippen molar-refractivity contribution in [3.05, 3.63) is 17.5 Å². The fourth-order valence-electron chi connectivity index (χ4n) is 1.17. The van der Waals surface area contributed by atoms with Crippen LogP contribution in [0.2, 0.25) is 0 Å². The lowest BCUT2D eigenvalue weighted by atomic mass is 10.3. The number of thioether (sulfide) groups is 1. The van der Waals surface area contributed by atoms with Crippen LogP contribution < -0.4 is 11.1 Å². The number of hydrogen-bond donors (Lipinski definition) is 2. The number of anilines is 2. The molecule has 0 saturated heterocycles. The molecular formula is C10H14N2OS2. The van der Waals surface area contributed by atoms with Gasteiger partial charge in [0.05, 0.1) is 15.5 Å². The number of nitrogen functional groups attached to an aromatic ring is 1. The summed E-state index contributed by atoms with van der Waals surface area (Å²) >= 11 is 2.95. The van der Waals surface area contributed by atoms with Crippen LogP contribution >= 0.6 is 23.1 Å². The third-order valence-corrected chi connectivity index (χ3v) is 4.06. The van der Waals surface area contributed by atoms with Gasteiger partial charge in [0.25, 0.3) is 0 Å². The quantitative estimate of drug-likeness (QED) is 0.473. The Morgan fingerprint density at radius 2 is 2.40 bits per heavy atom. The van der Waals surface area contributed by atoms with Crippen molar-refractivity contribution < 1.29 is 4.79 Å². The summed E-state index contributed by atoms with van der Waals surface area (Å²) in [6.07, 6.45) is 3.72. The molecule has 0 bridgehead atoms. The number of carbonyl (C=O) groups excluding carboxylic acids is 1. The monoisotopic (exact) mass is 242 g/mol. The molecule has 0 radical (unpaired) electrons. The summed E-state index contributed by atoms with van der Waals surface area (Å²) in [4.78, 5) is 12.9. The number of hydrogen-bond acceptors (Lipinski definition) is 5. The van der Waals surface area contributed by atoms with E-state index in [9.17, 15) is 4.79 Å². The van der Waals surface area contributed by atoms with Crippen molar-refractivity contribution in [1.29, 1.82) is 0 Å². The van der Waals surface area contributed by atoms with Gasteiger partial charge in [0.1, 0.15) is 5.00 Å². The zero-order valence-electron chi connectivity index (χ0n) is 8.79. The maximum Gasteiger partial charge on any atom is 0.171 e. The number of carbonyl (C=O) groups is 1. The van der Waals surface area contributed by atoms with Crippen molar-refractivity contribution >= 4 is 39.6 Å². The highest BCUT2D eigenvalue weighted by Crippen LogP contribution is 2.41. The zero-order chi connectivity index (χ0) is 11.4. The van der Waals surface area contributed by atoms with Crippen LogP contribution in [0.15, 0.2) is 17.6 Å². The molecule has 3 N–H and O–H groups in total. The van der Waals surface area contributed by atoms with E-state index in [1.165, 1.54) is 18.3 Å². The first-order valence-electron chi connectivity index (χ1n) is 4.43. The van der Waals surface area contributed by atoms with Crippen LogP contribution in [0.4, 0.5) is 10.7 Å². The third kappa shape index (κ3) is 2.54. The van der Waals surface area contributed by atoms with Gasteiger partial charge in [0, 0.05) is 13.5 Å². The Morgan fingerprint density at radius 1 is 1.73 bits per heavy atom. The molecule has 0 aromatic carbocycles. The largest absolute Gasteiger partial charge is 0.396 e. The second-order valence-corrected chi connectivity index (χ2v) is 4.77. The third-order valence-electron chi connectivity index (χ3n) is 1.83. The van der Waals surface area contributed by atoms with Crippen molar-refractivity contribution in [2.24, 2.45) is 0 Å². The van der Waals surface area contributed by atoms with Crippen LogP contribution in [0, 0.1) is 0 Å². The van der Waals surface area contributed by atoms with Crippen LogP contribution in [-0.2, 0) is 0 Å². The van der Waals surface area contributed by atoms with E-state index in [0.717, 1.165) is 9.90 Å². The van der Waals surface area contributed by atoms with E-state index < -0.39 is 0 Å². The van der Waals surface area contributed by atoms with Crippen molar-refractivity contribution in [3.8, 4) is 0 Å². The topological polar surface area (TPSA) is 55.1 Å². The standard InChI is InChI=1S/C10H14N2OS2/c1-4-5-12-10-9(14-3)7(11)8(15-10)6(2)13/h4,12H,1,5,11H2,2-3H3. The molecule has 0 atom stereocenters. The van der Waals surface area contributed by atoms with Crippen LogP contribution in [0.3, 0.4) is 0 Å². The number of Topliss-reactive ketones (excluding diaryl/α,β-unsaturated/α-hetero) is 1. The summed E-state index contributed by atoms with van der Waals surface area (Å²) in [6, 6.07) is 0. The van der Waals surface area contributed by atoms with Gasteiger partial charge in [0.2, 0.25) is 0 Å². The second kappa shape index (κ2) is 5.23. The molecule has 0 amide bonds. The van der Waals surface area contributed by atoms with E-state index >= 15 is 0 Å². The molecule has 1 rings (SSSR count). The van der Waals surface area contributed by atoms with Gasteiger partial charge in [-0.3, -0.25) is 4.79 Å². The molecule has 3 nitrogen and oxygen atoms in total. The second-order valence-electron chi connectivity index (χ2n) is 2.93. The van der Waals surface area contributed by atoms with Crippen molar-refractivity contribution in [2.45, 2.75) is 11.8 Å². The van der Waals surface area contributed by atoms with Gasteiger partial charge < -0.3 is 11.1 Å². The Bertz CT molecular complexity index is 385. The Hall–Kier alpha value is -0.940. The van der Waals surface area contributed by atoms with Gasteiger partial charge in [-0.25, -0.2) is 0 Å². The first kappa shape index (κ1) is 12.1. The maximum absolute atomic E-state index is 11.3. The highest BCUT2D eigenvalue weighted by molar-refractivity contribution is 7.99. The Labute approximate surface area is 97.7 Å². The average Bonchev–Trinajstić information content (AvgIpc) is 2.52. The lowest BCUT2D eigenvalue weighted by Gasteiger charge is -2.02. The van der Waals surface area contributed by atoms with Gasteiger partial charge in [-0.2, -0.15) is 0 Å². The molecular weight excluding hydrogens is 228 g/mol. The molecule has 0 unspecified atom stereocenters. The average molecular weight is 242 g/mol. The molecule has 0 aliphatic rings. The van der Waals surface area contributed by atoms with Crippen LogP contribution in [0.1, 0.15) is 16.6 Å². The van der Waals surface area contributed by atoms with Crippen LogP contribution in [0.5, 0.6) is 0 Å². The highest BCUT2D eigenvalue weighted by atomic mass is 32.2. The van der Waals surface area contributed by atoms with Gasteiger partial charge in [-0.15, -0.1) is 29.7 Å². The summed E-state index contributed by atoms with van der Waals surface area (Å²) in [5, 5.41) is 4.13. The molecule has 1 aromatic rings. The van der Waals surface area contributed by atoms with E-state index in [1.807, 2.05) is 6.26 Å². The van der Waals surface area contributed by atoms with Crippen molar-refractivity contribution in [2.75, 3.05) is 23.9 Å². The number of thiophene rings is 1. The SMILES string of the molecule is C=CCNc1sc(C(C)=O)c(N)c1SC. The summed E-state index contributed by atoms with van der Waals surface area (Å²) in [7, 11) is 0. The van der Waals surface area contributed by atoms with E-state index in [-0.39, 0.29) is 5.78 Å². The fourth-order valence-corrected chi connectivity index (χ4v) is 3.11. The molecule has 82 valence electrons. The minimum absolute atomic E-state index is 0.0134. The zero-order valence-corrected chi connectivity index (χ0v) is 10.4. The van der Waals surface area contributed by atoms with Crippen molar-refractivity contribution in [3.63, 3.8) is 0 Å². The number of nitrogens with one attached hydrogen (secondary N) is 1. The van der Waals surface area contributed by atoms with E-state index in [4.69, 9.17) is 5.73 Å². The Kier molecular flexibility index (Phi) is 4.23. The lowest BCUT2D eigenvalue weighted by molar-refractivity contribution is 0.102. The van der Waals surface area contributed by atoms with Gasteiger partial charge in [-0.05, 0) is 6.26 Å². The molecule has 0 spiro atoms. The fraction of sp³-hybridized carbons (Fsp3) is 0.300. The lowest BCUT2D eigenvalue weighted by Crippen LogP contribution is -1.97. The first-order valence-corrected chi connectivity index (χ1v) is 6.47. The molecule has 5 heteroatoms. The molecule has 0 saturated carbocycles. The summed E-state index contributed by atoms with van der Waals surface area (Å²) in [5.74, 6) is 0.0134. The highest BCUT2D eigenvalue weighted by Gasteiger charge is 2.17. The summed E-state index contributed by atoms with van der Waals surface area (Å²) in [5.41, 5.74) is 6.48. The van der Waals surface area contributed by atoms with Crippen LogP contribution in [-0.4, -0.2) is 18.6 Å². The minimum atomic E-state index is 0.0134. The van der Waals surface area contributed by atoms with Gasteiger partial charge in [-0.1, -0.05) is 6.08 Å². The Balaban J connectivity index is 3.09. The minimum Gasteiger partial charge on any atom is -0.396 e. The predicted molar refractivity (Wildman–Crippen MR) is 69.2 cm³/mol. The Morgan fingerprint density at radius 3 is 2.87 bits per heavy atom. The first-order chi connectivity index (χ1) is 7.11. The van der Waals surface area contributed by atoms with Gasteiger partial charge >= 0.3 is 0 Å². The summed E-state index contributed by atoms with van der Waals surface area (Å²) < 4.78 is 0.